The Kier molecular flexibility index (Phi) is 3.47. The number of fused-ring (bicyclic) bond motifs is 1. The maximum absolute atomic E-state index is 4.25. The average Bonchev–Trinajstić information content (AvgIpc) is 3.02. The molecule has 6 heteroatoms. The maximum Gasteiger partial charge on any atom is 0.194 e. The minimum absolute atomic E-state index is 0.647. The summed E-state index contributed by atoms with van der Waals surface area (Å²) in [5, 5.41) is 16.7. The number of hydrogen-bond donors (Lipinski definition) is 1. The number of nitrogens with one attached hydrogen (secondary N) is 1. The third kappa shape index (κ3) is 2.42. The number of para-hydroxylation sites is 1. The van der Waals surface area contributed by atoms with Crippen LogP contribution in [0.1, 0.15) is 11.4 Å². The van der Waals surface area contributed by atoms with Crippen LogP contribution in [-0.4, -0.2) is 38.4 Å². The van der Waals surface area contributed by atoms with Crippen LogP contribution in [-0.2, 0) is 20.0 Å². The van der Waals surface area contributed by atoms with E-state index in [9.17, 15) is 0 Å². The van der Waals surface area contributed by atoms with Gasteiger partial charge in [-0.05, 0) is 36.9 Å². The van der Waals surface area contributed by atoms with Gasteiger partial charge in [0.1, 0.15) is 0 Å². The van der Waals surface area contributed by atoms with E-state index in [1.807, 2.05) is 7.05 Å². The first kappa shape index (κ1) is 12.8. The topological polar surface area (TPSA) is 60.6 Å². The molecule has 2 heterocycles. The summed E-state index contributed by atoms with van der Waals surface area (Å²) in [5.41, 5.74) is 2.56. The summed E-state index contributed by atoms with van der Waals surface area (Å²) in [7, 11) is 3.76. The highest BCUT2D eigenvalue weighted by Crippen LogP contribution is 2.22. The number of nitrogens with zero attached hydrogens (tertiary/aromatic N) is 5. The Labute approximate surface area is 117 Å². The molecule has 1 N–H and O–H groups in total. The second-order valence-electron chi connectivity index (χ2n) is 4.85. The van der Waals surface area contributed by atoms with Gasteiger partial charge in [0.25, 0.3) is 0 Å². The molecule has 3 rings (SSSR count). The van der Waals surface area contributed by atoms with Crippen LogP contribution in [0.3, 0.4) is 0 Å². The van der Waals surface area contributed by atoms with Crippen molar-refractivity contribution in [1.82, 2.24) is 30.1 Å². The lowest BCUT2D eigenvalue weighted by atomic mass is 10.1. The Morgan fingerprint density at radius 1 is 1.25 bits per heavy atom. The molecule has 0 spiro atoms. The number of hydrogen-bond acceptors (Lipinski definition) is 4. The van der Waals surface area contributed by atoms with Gasteiger partial charge in [0, 0.05) is 17.1 Å². The minimum Gasteiger partial charge on any atom is -0.339 e. The fourth-order valence-corrected chi connectivity index (χ4v) is 2.45. The summed E-state index contributed by atoms with van der Waals surface area (Å²) < 4.78 is 2.19. The number of rotatable bonds is 5. The van der Waals surface area contributed by atoms with E-state index in [1.54, 1.807) is 7.05 Å². The Morgan fingerprint density at radius 3 is 2.85 bits per heavy atom. The van der Waals surface area contributed by atoms with Crippen molar-refractivity contribution < 1.29 is 0 Å². The molecule has 0 aliphatic rings. The molecule has 1 aromatic carbocycles. The molecule has 0 atom stereocenters. The zero-order valence-electron chi connectivity index (χ0n) is 11.7. The largest absolute Gasteiger partial charge is 0.339 e. The van der Waals surface area contributed by atoms with Crippen LogP contribution in [0, 0.1) is 0 Å². The summed E-state index contributed by atoms with van der Waals surface area (Å²) in [4.78, 5) is 1.49. The fraction of sp³-hybridized carbons (Fsp3) is 0.357. The molecule has 0 saturated heterocycles. The predicted molar refractivity (Wildman–Crippen MR) is 77.5 cm³/mol. The van der Waals surface area contributed by atoms with Crippen molar-refractivity contribution in [1.29, 1.82) is 0 Å². The maximum atomic E-state index is 4.25. The zero-order valence-corrected chi connectivity index (χ0v) is 11.7. The Hall–Kier alpha value is -2.21. The molecular weight excluding hydrogens is 252 g/mol. The van der Waals surface area contributed by atoms with E-state index in [4.69, 9.17) is 0 Å². The van der Waals surface area contributed by atoms with Crippen molar-refractivity contribution in [3.63, 3.8) is 0 Å². The molecule has 2 aromatic heterocycles. The molecule has 0 unspecified atom stereocenters. The molecule has 20 heavy (non-hydrogen) atoms. The highest BCUT2D eigenvalue weighted by atomic mass is 15.6. The van der Waals surface area contributed by atoms with Gasteiger partial charge in [-0.1, -0.05) is 18.2 Å². The third-order valence-electron chi connectivity index (χ3n) is 3.38. The zero-order chi connectivity index (χ0) is 13.9. The van der Waals surface area contributed by atoms with Crippen molar-refractivity contribution in [3.05, 3.63) is 41.9 Å². The van der Waals surface area contributed by atoms with Crippen molar-refractivity contribution >= 4 is 10.9 Å². The van der Waals surface area contributed by atoms with Gasteiger partial charge < -0.3 is 9.88 Å². The SMILES string of the molecule is CNCCc1cn(Cc2nnn(C)n2)c2ccccc12. The average molecular weight is 270 g/mol. The first-order valence-corrected chi connectivity index (χ1v) is 6.72. The molecule has 0 aliphatic heterocycles. The van der Waals surface area contributed by atoms with Crippen LogP contribution in [0.25, 0.3) is 10.9 Å². The van der Waals surface area contributed by atoms with Gasteiger partial charge in [0.2, 0.25) is 0 Å². The van der Waals surface area contributed by atoms with E-state index in [1.165, 1.54) is 21.3 Å². The highest BCUT2D eigenvalue weighted by molar-refractivity contribution is 5.84. The summed E-state index contributed by atoms with van der Waals surface area (Å²) in [6, 6.07) is 8.44. The monoisotopic (exact) mass is 270 g/mol. The van der Waals surface area contributed by atoms with Crippen LogP contribution in [0.5, 0.6) is 0 Å². The van der Waals surface area contributed by atoms with Crippen LogP contribution in [0.2, 0.25) is 0 Å². The van der Waals surface area contributed by atoms with Gasteiger partial charge in [-0.2, -0.15) is 4.80 Å². The fourth-order valence-electron chi connectivity index (χ4n) is 2.45. The van der Waals surface area contributed by atoms with E-state index in [-0.39, 0.29) is 0 Å². The summed E-state index contributed by atoms with van der Waals surface area (Å²) in [6.45, 7) is 1.62. The Bertz CT molecular complexity index is 711. The lowest BCUT2D eigenvalue weighted by Crippen LogP contribution is -2.10. The van der Waals surface area contributed by atoms with Crippen molar-refractivity contribution in [2.45, 2.75) is 13.0 Å². The molecule has 0 radical (unpaired) electrons. The molecule has 6 nitrogen and oxygen atoms in total. The van der Waals surface area contributed by atoms with E-state index >= 15 is 0 Å². The number of likely N-dealkylation sites (N-methyl/N-ethyl adjacent to an activating group) is 1. The second kappa shape index (κ2) is 5.42. The van der Waals surface area contributed by atoms with Gasteiger partial charge in [-0.25, -0.2) is 0 Å². The van der Waals surface area contributed by atoms with Crippen LogP contribution < -0.4 is 5.32 Å². The summed E-state index contributed by atoms with van der Waals surface area (Å²) in [6.07, 6.45) is 3.20. The third-order valence-corrected chi connectivity index (χ3v) is 3.38. The molecule has 0 bridgehead atoms. The smallest absolute Gasteiger partial charge is 0.194 e. The van der Waals surface area contributed by atoms with Crippen molar-refractivity contribution in [2.24, 2.45) is 7.05 Å². The van der Waals surface area contributed by atoms with E-state index in [0.717, 1.165) is 18.8 Å². The molecule has 3 aromatic rings. The Morgan fingerprint density at radius 2 is 2.10 bits per heavy atom. The standard InChI is InChI=1S/C14H18N6/c1-15-8-7-11-9-20(10-14-16-18-19(2)17-14)13-6-4-3-5-12(11)13/h3-6,9,15H,7-8,10H2,1-2H3. The predicted octanol–water partition coefficient (Wildman–Crippen LogP) is 0.975. The lowest BCUT2D eigenvalue weighted by Gasteiger charge is -2.00. The number of aryl methyl sites for hydroxylation is 1. The first-order chi connectivity index (χ1) is 9.78. The van der Waals surface area contributed by atoms with Gasteiger partial charge in [-0.15, -0.1) is 10.2 Å². The van der Waals surface area contributed by atoms with Gasteiger partial charge >= 0.3 is 0 Å². The Balaban J connectivity index is 1.97. The molecule has 104 valence electrons. The quantitative estimate of drug-likeness (QED) is 0.750. The van der Waals surface area contributed by atoms with E-state index in [0.29, 0.717) is 6.54 Å². The highest BCUT2D eigenvalue weighted by Gasteiger charge is 2.10. The summed E-state index contributed by atoms with van der Waals surface area (Å²) in [5.74, 6) is 0.730. The molecule has 0 saturated carbocycles. The van der Waals surface area contributed by atoms with Gasteiger partial charge in [-0.3, -0.25) is 0 Å². The number of tetrazole rings is 1. The van der Waals surface area contributed by atoms with Crippen LogP contribution in [0.15, 0.2) is 30.5 Å². The normalized spacial score (nSPS) is 11.3. The molecule has 0 amide bonds. The van der Waals surface area contributed by atoms with Crippen LogP contribution in [0.4, 0.5) is 0 Å². The van der Waals surface area contributed by atoms with Crippen LogP contribution >= 0.6 is 0 Å². The second-order valence-corrected chi connectivity index (χ2v) is 4.85. The van der Waals surface area contributed by atoms with Gasteiger partial charge in [0.05, 0.1) is 13.6 Å². The van der Waals surface area contributed by atoms with Crippen molar-refractivity contribution in [2.75, 3.05) is 13.6 Å². The number of aromatic nitrogens is 5. The molecule has 0 aliphatic carbocycles. The summed E-state index contributed by atoms with van der Waals surface area (Å²) >= 11 is 0. The molecular formula is C14H18N6. The molecule has 0 fully saturated rings. The number of benzene rings is 1. The lowest BCUT2D eigenvalue weighted by molar-refractivity contribution is 0.625. The first-order valence-electron chi connectivity index (χ1n) is 6.72. The van der Waals surface area contributed by atoms with Crippen molar-refractivity contribution in [3.8, 4) is 0 Å². The minimum atomic E-state index is 0.647. The van der Waals surface area contributed by atoms with E-state index in [2.05, 4.69) is 55.8 Å². The van der Waals surface area contributed by atoms with Gasteiger partial charge in [0.15, 0.2) is 5.82 Å². The van der Waals surface area contributed by atoms with E-state index < -0.39 is 0 Å².